The van der Waals surface area contributed by atoms with Crippen molar-refractivity contribution in [3.05, 3.63) is 29.6 Å². The largest absolute Gasteiger partial charge is 0.396 e. The van der Waals surface area contributed by atoms with E-state index in [2.05, 4.69) is 10.3 Å². The van der Waals surface area contributed by atoms with E-state index in [-0.39, 0.29) is 18.6 Å². The second-order valence-corrected chi connectivity index (χ2v) is 5.42. The highest BCUT2D eigenvalue weighted by Gasteiger charge is 2.22. The molecule has 5 heteroatoms. The molecule has 2 heterocycles. The molecule has 2 amide bonds. The van der Waals surface area contributed by atoms with Gasteiger partial charge in [-0.25, -0.2) is 4.79 Å². The molecule has 1 aliphatic heterocycles. The van der Waals surface area contributed by atoms with Gasteiger partial charge in [0, 0.05) is 38.6 Å². The number of amides is 2. The number of rotatable bonds is 4. The number of likely N-dealkylation sites (tertiary alicyclic amines) is 1. The van der Waals surface area contributed by atoms with Gasteiger partial charge < -0.3 is 15.3 Å². The van der Waals surface area contributed by atoms with Crippen LogP contribution in [0, 0.1) is 12.8 Å². The zero-order chi connectivity index (χ0) is 14.4. The zero-order valence-electron chi connectivity index (χ0n) is 12.0. The molecule has 20 heavy (non-hydrogen) atoms. The Morgan fingerprint density at radius 1 is 1.60 bits per heavy atom. The van der Waals surface area contributed by atoms with E-state index in [1.807, 2.05) is 24.1 Å². The number of carbonyl (C=O) groups excluding carboxylic acids is 1. The van der Waals surface area contributed by atoms with Crippen LogP contribution in [0.25, 0.3) is 0 Å². The Labute approximate surface area is 120 Å². The van der Waals surface area contributed by atoms with E-state index in [0.29, 0.717) is 13.1 Å². The first-order valence-electron chi connectivity index (χ1n) is 7.24. The molecule has 1 aromatic rings. The van der Waals surface area contributed by atoms with Crippen LogP contribution >= 0.6 is 0 Å². The van der Waals surface area contributed by atoms with Crippen LogP contribution in [0.15, 0.2) is 18.5 Å². The van der Waals surface area contributed by atoms with Gasteiger partial charge in [0.15, 0.2) is 0 Å². The van der Waals surface area contributed by atoms with Crippen molar-refractivity contribution in [3.63, 3.8) is 0 Å². The second kappa shape index (κ2) is 7.24. The van der Waals surface area contributed by atoms with Crippen LogP contribution in [0.2, 0.25) is 0 Å². The molecule has 1 atom stereocenters. The average Bonchev–Trinajstić information content (AvgIpc) is 2.49. The molecule has 5 nitrogen and oxygen atoms in total. The van der Waals surface area contributed by atoms with E-state index < -0.39 is 0 Å². The molecule has 1 unspecified atom stereocenters. The smallest absolute Gasteiger partial charge is 0.317 e. The molecular formula is C15H23N3O2. The average molecular weight is 277 g/mol. The van der Waals surface area contributed by atoms with Gasteiger partial charge in [-0.3, -0.25) is 4.98 Å². The van der Waals surface area contributed by atoms with E-state index in [1.54, 1.807) is 6.20 Å². The van der Waals surface area contributed by atoms with Crippen LogP contribution in [0.4, 0.5) is 4.79 Å². The summed E-state index contributed by atoms with van der Waals surface area (Å²) in [5.41, 5.74) is 2.37. The minimum absolute atomic E-state index is 0.0186. The van der Waals surface area contributed by atoms with Crippen LogP contribution in [-0.2, 0) is 6.42 Å². The summed E-state index contributed by atoms with van der Waals surface area (Å²) in [5, 5.41) is 12.1. The lowest BCUT2D eigenvalue weighted by Crippen LogP contribution is -2.46. The highest BCUT2D eigenvalue weighted by molar-refractivity contribution is 5.74. The molecule has 0 bridgehead atoms. The van der Waals surface area contributed by atoms with Gasteiger partial charge in [0.1, 0.15) is 0 Å². The summed E-state index contributed by atoms with van der Waals surface area (Å²) in [5.74, 6) is 0.233. The number of aromatic nitrogens is 1. The Morgan fingerprint density at radius 2 is 2.45 bits per heavy atom. The summed E-state index contributed by atoms with van der Waals surface area (Å²) in [6.45, 7) is 4.28. The van der Waals surface area contributed by atoms with E-state index in [4.69, 9.17) is 0 Å². The normalized spacial score (nSPS) is 18.9. The molecule has 1 aromatic heterocycles. The lowest BCUT2D eigenvalue weighted by atomic mass is 9.99. The number of hydrogen-bond donors (Lipinski definition) is 2. The molecule has 2 rings (SSSR count). The molecule has 0 aliphatic carbocycles. The predicted molar refractivity (Wildman–Crippen MR) is 77.5 cm³/mol. The van der Waals surface area contributed by atoms with Crippen molar-refractivity contribution in [2.75, 3.05) is 26.2 Å². The number of urea groups is 1. The lowest BCUT2D eigenvalue weighted by molar-refractivity contribution is 0.129. The van der Waals surface area contributed by atoms with Crippen molar-refractivity contribution in [2.24, 2.45) is 5.92 Å². The Hall–Kier alpha value is -1.62. The van der Waals surface area contributed by atoms with Crippen LogP contribution in [-0.4, -0.2) is 47.3 Å². The maximum absolute atomic E-state index is 12.1. The third-order valence-electron chi connectivity index (χ3n) is 3.87. The van der Waals surface area contributed by atoms with Gasteiger partial charge in [-0.05, 0) is 49.3 Å². The molecule has 0 saturated carbocycles. The van der Waals surface area contributed by atoms with Gasteiger partial charge in [-0.15, -0.1) is 0 Å². The van der Waals surface area contributed by atoms with Gasteiger partial charge >= 0.3 is 6.03 Å². The molecule has 0 spiro atoms. The number of nitrogens with one attached hydrogen (secondary N) is 1. The maximum atomic E-state index is 12.1. The van der Waals surface area contributed by atoms with Crippen LogP contribution in [0.5, 0.6) is 0 Å². The SMILES string of the molecule is Cc1cnccc1CCNC(=O)N1CCCC(CO)C1. The maximum Gasteiger partial charge on any atom is 0.317 e. The topological polar surface area (TPSA) is 65.5 Å². The third-order valence-corrected chi connectivity index (χ3v) is 3.87. The highest BCUT2D eigenvalue weighted by atomic mass is 16.3. The van der Waals surface area contributed by atoms with E-state index in [0.717, 1.165) is 31.4 Å². The predicted octanol–water partition coefficient (Wildman–Crippen LogP) is 1.35. The molecule has 2 N–H and O–H groups in total. The summed E-state index contributed by atoms with van der Waals surface area (Å²) in [4.78, 5) is 17.9. The highest BCUT2D eigenvalue weighted by Crippen LogP contribution is 2.15. The summed E-state index contributed by atoms with van der Waals surface area (Å²) < 4.78 is 0. The monoisotopic (exact) mass is 277 g/mol. The molecular weight excluding hydrogens is 254 g/mol. The summed E-state index contributed by atoms with van der Waals surface area (Å²) in [6.07, 6.45) is 6.42. The van der Waals surface area contributed by atoms with Gasteiger partial charge in [0.05, 0.1) is 0 Å². The number of nitrogens with zero attached hydrogens (tertiary/aromatic N) is 2. The fraction of sp³-hybridized carbons (Fsp3) is 0.600. The molecule has 1 saturated heterocycles. The quantitative estimate of drug-likeness (QED) is 0.873. The van der Waals surface area contributed by atoms with Crippen molar-refractivity contribution in [3.8, 4) is 0 Å². The van der Waals surface area contributed by atoms with Crippen LogP contribution < -0.4 is 5.32 Å². The number of carbonyl (C=O) groups is 1. The Bertz CT molecular complexity index is 450. The first kappa shape index (κ1) is 14.8. The van der Waals surface area contributed by atoms with Crippen molar-refractivity contribution < 1.29 is 9.90 Å². The third kappa shape index (κ3) is 3.93. The fourth-order valence-electron chi connectivity index (χ4n) is 2.60. The molecule has 0 radical (unpaired) electrons. The van der Waals surface area contributed by atoms with E-state index >= 15 is 0 Å². The fourth-order valence-corrected chi connectivity index (χ4v) is 2.60. The van der Waals surface area contributed by atoms with Gasteiger partial charge in [0.2, 0.25) is 0 Å². The number of piperidine rings is 1. The van der Waals surface area contributed by atoms with Gasteiger partial charge in [-0.1, -0.05) is 0 Å². The van der Waals surface area contributed by atoms with Crippen molar-refractivity contribution in [1.29, 1.82) is 0 Å². The first-order valence-corrected chi connectivity index (χ1v) is 7.24. The molecule has 1 aliphatic rings. The minimum Gasteiger partial charge on any atom is -0.396 e. The first-order chi connectivity index (χ1) is 9.70. The lowest BCUT2D eigenvalue weighted by Gasteiger charge is -2.31. The summed E-state index contributed by atoms with van der Waals surface area (Å²) >= 11 is 0. The summed E-state index contributed by atoms with van der Waals surface area (Å²) in [6, 6.07) is 1.97. The number of pyridine rings is 1. The number of aliphatic hydroxyl groups excluding tert-OH is 1. The Balaban J connectivity index is 1.76. The summed E-state index contributed by atoms with van der Waals surface area (Å²) in [7, 11) is 0. The van der Waals surface area contributed by atoms with Crippen LogP contribution in [0.1, 0.15) is 24.0 Å². The van der Waals surface area contributed by atoms with Crippen molar-refractivity contribution in [2.45, 2.75) is 26.2 Å². The van der Waals surface area contributed by atoms with Gasteiger partial charge in [0.25, 0.3) is 0 Å². The standard InChI is InChI=1S/C15H23N3O2/c1-12-9-16-6-4-14(12)5-7-17-15(20)18-8-2-3-13(10-18)11-19/h4,6,9,13,19H,2-3,5,7-8,10-11H2,1H3,(H,17,20). The molecule has 0 aromatic carbocycles. The Kier molecular flexibility index (Phi) is 5.35. The zero-order valence-corrected chi connectivity index (χ0v) is 12.0. The van der Waals surface area contributed by atoms with Gasteiger partial charge in [-0.2, -0.15) is 0 Å². The van der Waals surface area contributed by atoms with E-state index in [1.165, 1.54) is 5.56 Å². The van der Waals surface area contributed by atoms with E-state index in [9.17, 15) is 9.90 Å². The molecule has 110 valence electrons. The number of hydrogen-bond acceptors (Lipinski definition) is 3. The molecule has 1 fully saturated rings. The van der Waals surface area contributed by atoms with Crippen molar-refractivity contribution >= 4 is 6.03 Å². The minimum atomic E-state index is -0.0186. The second-order valence-electron chi connectivity index (χ2n) is 5.42. The van der Waals surface area contributed by atoms with Crippen molar-refractivity contribution in [1.82, 2.24) is 15.2 Å². The van der Waals surface area contributed by atoms with Crippen LogP contribution in [0.3, 0.4) is 0 Å². The Morgan fingerprint density at radius 3 is 3.20 bits per heavy atom. The number of aliphatic hydroxyl groups is 1. The number of aryl methyl sites for hydroxylation is 1.